The molecule has 1 aliphatic rings. The number of aromatic amines is 1. The smallest absolute Gasteiger partial charge is 0.294 e. The average molecular weight is 312 g/mol. The molecule has 20 heavy (non-hydrogen) atoms. The molecule has 3 rings (SSSR count). The van der Waals surface area contributed by atoms with Crippen LogP contribution in [-0.4, -0.2) is 9.78 Å². The van der Waals surface area contributed by atoms with Crippen LogP contribution >= 0.6 is 23.2 Å². The summed E-state index contributed by atoms with van der Waals surface area (Å²) in [5, 5.41) is 4.07. The van der Waals surface area contributed by atoms with Crippen LogP contribution in [0.1, 0.15) is 37.3 Å². The minimum atomic E-state index is -0.254. The Bertz CT molecular complexity index is 699. The number of nitrogen functional groups attached to an aromatic ring is 1. The number of halogens is 2. The maximum absolute atomic E-state index is 12.3. The summed E-state index contributed by atoms with van der Waals surface area (Å²) in [6.45, 7) is 0. The van der Waals surface area contributed by atoms with Gasteiger partial charge in [-0.25, -0.2) is 4.68 Å². The van der Waals surface area contributed by atoms with E-state index < -0.39 is 0 Å². The topological polar surface area (TPSA) is 63.8 Å². The minimum absolute atomic E-state index is 0.254. The van der Waals surface area contributed by atoms with E-state index in [1.54, 1.807) is 18.2 Å². The van der Waals surface area contributed by atoms with Crippen molar-refractivity contribution in [1.82, 2.24) is 9.78 Å². The van der Waals surface area contributed by atoms with E-state index in [2.05, 4.69) is 5.10 Å². The first kappa shape index (κ1) is 13.6. The van der Waals surface area contributed by atoms with Crippen LogP contribution in [0.4, 0.5) is 5.69 Å². The molecule has 0 spiro atoms. The Hall–Kier alpha value is -1.39. The Morgan fingerprint density at radius 3 is 2.60 bits per heavy atom. The van der Waals surface area contributed by atoms with Gasteiger partial charge in [-0.2, -0.15) is 0 Å². The van der Waals surface area contributed by atoms with Crippen molar-refractivity contribution >= 4 is 28.9 Å². The zero-order chi connectivity index (χ0) is 14.3. The summed E-state index contributed by atoms with van der Waals surface area (Å²) in [5.41, 5.74) is 7.41. The van der Waals surface area contributed by atoms with Gasteiger partial charge in [0.25, 0.3) is 5.56 Å². The molecule has 1 aromatic carbocycles. The first-order valence-electron chi connectivity index (χ1n) is 6.63. The number of nitrogens with one attached hydrogen (secondary N) is 1. The van der Waals surface area contributed by atoms with E-state index in [9.17, 15) is 4.79 Å². The standard InChI is InChI=1S/C14H15Cl2N3O/c15-9-5-6-11(10(16)7-9)19-14(20)12(17)13(18-19)8-3-1-2-4-8/h5-8,18H,1-4,17H2. The van der Waals surface area contributed by atoms with Crippen LogP contribution < -0.4 is 11.3 Å². The maximum atomic E-state index is 12.3. The fourth-order valence-electron chi connectivity index (χ4n) is 2.83. The molecule has 6 heteroatoms. The van der Waals surface area contributed by atoms with Crippen LogP contribution in [0.2, 0.25) is 10.0 Å². The van der Waals surface area contributed by atoms with E-state index in [-0.39, 0.29) is 5.56 Å². The van der Waals surface area contributed by atoms with Crippen LogP contribution in [0.3, 0.4) is 0 Å². The zero-order valence-electron chi connectivity index (χ0n) is 10.8. The van der Waals surface area contributed by atoms with Gasteiger partial charge in [0.05, 0.1) is 16.4 Å². The second-order valence-electron chi connectivity index (χ2n) is 5.16. The van der Waals surface area contributed by atoms with Crippen molar-refractivity contribution in [3.63, 3.8) is 0 Å². The molecule has 0 unspecified atom stereocenters. The summed E-state index contributed by atoms with van der Waals surface area (Å²) in [7, 11) is 0. The third kappa shape index (κ3) is 2.23. The van der Waals surface area contributed by atoms with Crippen molar-refractivity contribution < 1.29 is 0 Å². The molecule has 1 aliphatic carbocycles. The fourth-order valence-corrected chi connectivity index (χ4v) is 3.32. The first-order valence-corrected chi connectivity index (χ1v) is 7.39. The van der Waals surface area contributed by atoms with E-state index in [1.807, 2.05) is 0 Å². The Balaban J connectivity index is 2.10. The van der Waals surface area contributed by atoms with Crippen LogP contribution in [0, 0.1) is 0 Å². The van der Waals surface area contributed by atoms with Gasteiger partial charge < -0.3 is 5.73 Å². The number of hydrogen-bond acceptors (Lipinski definition) is 2. The van der Waals surface area contributed by atoms with Gasteiger partial charge in [-0.1, -0.05) is 36.0 Å². The summed E-state index contributed by atoms with van der Waals surface area (Å²) in [6, 6.07) is 5.01. The molecule has 1 fully saturated rings. The van der Waals surface area contributed by atoms with Gasteiger partial charge in [-0.3, -0.25) is 9.89 Å². The molecule has 2 aromatic rings. The lowest BCUT2D eigenvalue weighted by molar-refractivity contribution is 0.678. The van der Waals surface area contributed by atoms with Crippen molar-refractivity contribution in [2.45, 2.75) is 31.6 Å². The largest absolute Gasteiger partial charge is 0.393 e. The molecule has 3 N–H and O–H groups in total. The molecule has 0 aliphatic heterocycles. The Kier molecular flexibility index (Phi) is 3.52. The summed E-state index contributed by atoms with van der Waals surface area (Å²) < 4.78 is 1.40. The molecule has 1 heterocycles. The molecule has 106 valence electrons. The molecule has 0 amide bonds. The maximum Gasteiger partial charge on any atom is 0.294 e. The lowest BCUT2D eigenvalue weighted by atomic mass is 10.0. The Morgan fingerprint density at radius 1 is 1.25 bits per heavy atom. The number of hydrogen-bond donors (Lipinski definition) is 2. The molecule has 0 saturated heterocycles. The minimum Gasteiger partial charge on any atom is -0.393 e. The molecule has 0 radical (unpaired) electrons. The number of nitrogens with two attached hydrogens (primary N) is 1. The second-order valence-corrected chi connectivity index (χ2v) is 6.00. The van der Waals surface area contributed by atoms with Gasteiger partial charge in [-0.05, 0) is 31.0 Å². The summed E-state index contributed by atoms with van der Waals surface area (Å²) in [4.78, 5) is 12.3. The van der Waals surface area contributed by atoms with Gasteiger partial charge in [0.15, 0.2) is 0 Å². The molecular weight excluding hydrogens is 297 g/mol. The van der Waals surface area contributed by atoms with Crippen molar-refractivity contribution in [2.75, 3.05) is 5.73 Å². The highest BCUT2D eigenvalue weighted by Gasteiger charge is 2.24. The summed E-state index contributed by atoms with van der Waals surface area (Å²) in [6.07, 6.45) is 4.50. The molecule has 1 aromatic heterocycles. The SMILES string of the molecule is Nc1c(C2CCCC2)[nH]n(-c2ccc(Cl)cc2Cl)c1=O. The van der Waals surface area contributed by atoms with Crippen molar-refractivity contribution in [3.05, 3.63) is 44.3 Å². The lowest BCUT2D eigenvalue weighted by Crippen LogP contribution is -2.17. The van der Waals surface area contributed by atoms with Gasteiger partial charge in [0, 0.05) is 10.9 Å². The van der Waals surface area contributed by atoms with E-state index in [4.69, 9.17) is 28.9 Å². The number of rotatable bonds is 2. The highest BCUT2D eigenvalue weighted by Crippen LogP contribution is 2.35. The van der Waals surface area contributed by atoms with Crippen LogP contribution in [0.5, 0.6) is 0 Å². The predicted molar refractivity (Wildman–Crippen MR) is 82.0 cm³/mol. The molecule has 0 bridgehead atoms. The Labute approximate surface area is 126 Å². The number of aromatic nitrogens is 2. The highest BCUT2D eigenvalue weighted by molar-refractivity contribution is 6.35. The summed E-state index contributed by atoms with van der Waals surface area (Å²) >= 11 is 12.0. The fraction of sp³-hybridized carbons (Fsp3) is 0.357. The van der Waals surface area contributed by atoms with E-state index >= 15 is 0 Å². The monoisotopic (exact) mass is 311 g/mol. The third-order valence-electron chi connectivity index (χ3n) is 3.87. The normalized spacial score (nSPS) is 15.9. The van der Waals surface area contributed by atoms with E-state index in [0.717, 1.165) is 18.5 Å². The Morgan fingerprint density at radius 2 is 1.95 bits per heavy atom. The van der Waals surface area contributed by atoms with Crippen molar-refractivity contribution in [2.24, 2.45) is 0 Å². The van der Waals surface area contributed by atoms with Crippen LogP contribution in [0.15, 0.2) is 23.0 Å². The first-order chi connectivity index (χ1) is 9.58. The van der Waals surface area contributed by atoms with Gasteiger partial charge in [0.1, 0.15) is 5.69 Å². The van der Waals surface area contributed by atoms with Crippen molar-refractivity contribution in [3.8, 4) is 5.69 Å². The molecule has 4 nitrogen and oxygen atoms in total. The summed E-state index contributed by atoms with van der Waals surface area (Å²) in [5.74, 6) is 0.343. The van der Waals surface area contributed by atoms with E-state index in [0.29, 0.717) is 27.3 Å². The quantitative estimate of drug-likeness (QED) is 0.888. The lowest BCUT2D eigenvalue weighted by Gasteiger charge is -2.08. The third-order valence-corrected chi connectivity index (χ3v) is 4.41. The molecule has 1 saturated carbocycles. The van der Waals surface area contributed by atoms with Crippen molar-refractivity contribution in [1.29, 1.82) is 0 Å². The second kappa shape index (κ2) is 5.19. The van der Waals surface area contributed by atoms with Gasteiger partial charge in [0.2, 0.25) is 0 Å². The molecule has 0 atom stereocenters. The average Bonchev–Trinajstić information content (AvgIpc) is 3.01. The van der Waals surface area contributed by atoms with Crippen LogP contribution in [0.25, 0.3) is 5.69 Å². The highest BCUT2D eigenvalue weighted by atomic mass is 35.5. The van der Waals surface area contributed by atoms with Gasteiger partial charge in [-0.15, -0.1) is 0 Å². The van der Waals surface area contributed by atoms with Gasteiger partial charge >= 0.3 is 0 Å². The predicted octanol–water partition coefficient (Wildman–Crippen LogP) is 3.71. The number of H-pyrrole nitrogens is 1. The number of anilines is 1. The number of nitrogens with zero attached hydrogens (tertiary/aromatic N) is 1. The van der Waals surface area contributed by atoms with Crippen LogP contribution in [-0.2, 0) is 0 Å². The number of benzene rings is 1. The molecular formula is C14H15Cl2N3O. The zero-order valence-corrected chi connectivity index (χ0v) is 12.3. The van der Waals surface area contributed by atoms with E-state index in [1.165, 1.54) is 17.5 Å².